The average molecular weight is 216 g/mol. The van der Waals surface area contributed by atoms with Gasteiger partial charge in [-0.05, 0) is 12.8 Å². The Morgan fingerprint density at radius 2 is 1.80 bits per heavy atom. The van der Waals surface area contributed by atoms with Crippen molar-refractivity contribution in [1.29, 1.82) is 0 Å². The highest BCUT2D eigenvalue weighted by Gasteiger charge is 1.99. The molecule has 0 fully saturated rings. The van der Waals surface area contributed by atoms with Gasteiger partial charge in [0.25, 0.3) is 0 Å². The van der Waals surface area contributed by atoms with Crippen LogP contribution in [0.25, 0.3) is 0 Å². The lowest BCUT2D eigenvalue weighted by Gasteiger charge is -2.07. The molecule has 0 aliphatic rings. The highest BCUT2D eigenvalue weighted by Crippen LogP contribution is 1.98. The van der Waals surface area contributed by atoms with Crippen molar-refractivity contribution in [2.45, 2.75) is 52.4 Å². The van der Waals surface area contributed by atoms with Gasteiger partial charge in [-0.3, -0.25) is 5.43 Å². The first-order valence-corrected chi connectivity index (χ1v) is 5.96. The fourth-order valence-electron chi connectivity index (χ4n) is 1.13. The summed E-state index contributed by atoms with van der Waals surface area (Å²) in [6.45, 7) is 5.57. The van der Waals surface area contributed by atoms with Gasteiger partial charge in [0, 0.05) is 6.54 Å². The molecule has 4 heteroatoms. The highest BCUT2D eigenvalue weighted by atomic mass is 16.6. The summed E-state index contributed by atoms with van der Waals surface area (Å²) in [4.78, 5) is 11.0. The first kappa shape index (κ1) is 14.2. The maximum Gasteiger partial charge on any atom is 0.421 e. The van der Waals surface area contributed by atoms with Gasteiger partial charge in [-0.15, -0.1) is 0 Å². The summed E-state index contributed by atoms with van der Waals surface area (Å²) in [5.74, 6) is 0. The molecule has 1 amide bonds. The molecular formula is C11H24N2O2. The van der Waals surface area contributed by atoms with E-state index in [4.69, 9.17) is 4.74 Å². The van der Waals surface area contributed by atoms with Crippen LogP contribution in [-0.4, -0.2) is 19.2 Å². The van der Waals surface area contributed by atoms with Gasteiger partial charge in [-0.2, -0.15) is 0 Å². The maximum atomic E-state index is 11.0. The molecule has 0 aliphatic carbocycles. The molecule has 0 bridgehead atoms. The molecule has 0 saturated carbocycles. The van der Waals surface area contributed by atoms with Crippen molar-refractivity contribution in [3.63, 3.8) is 0 Å². The van der Waals surface area contributed by atoms with Gasteiger partial charge in [0.15, 0.2) is 0 Å². The zero-order valence-corrected chi connectivity index (χ0v) is 9.97. The van der Waals surface area contributed by atoms with E-state index < -0.39 is 0 Å². The number of carbonyl (C=O) groups excluding carboxylic acids is 1. The summed E-state index contributed by atoms with van der Waals surface area (Å²) in [6, 6.07) is 0. The smallest absolute Gasteiger partial charge is 0.421 e. The van der Waals surface area contributed by atoms with E-state index in [1.54, 1.807) is 0 Å². The Morgan fingerprint density at radius 1 is 1.07 bits per heavy atom. The summed E-state index contributed by atoms with van der Waals surface area (Å²) >= 11 is 0. The van der Waals surface area contributed by atoms with Gasteiger partial charge in [0.05, 0.1) is 6.61 Å². The lowest BCUT2D eigenvalue weighted by molar-refractivity contribution is 0.139. The maximum absolute atomic E-state index is 11.0. The second-order valence-electron chi connectivity index (χ2n) is 3.60. The van der Waals surface area contributed by atoms with Crippen LogP contribution in [0.1, 0.15) is 52.4 Å². The van der Waals surface area contributed by atoms with Gasteiger partial charge < -0.3 is 4.74 Å². The molecule has 2 N–H and O–H groups in total. The van der Waals surface area contributed by atoms with Gasteiger partial charge in [0.2, 0.25) is 0 Å². The van der Waals surface area contributed by atoms with Gasteiger partial charge in [0.1, 0.15) is 0 Å². The lowest BCUT2D eigenvalue weighted by Crippen LogP contribution is -2.38. The van der Waals surface area contributed by atoms with Crippen molar-refractivity contribution >= 4 is 6.09 Å². The van der Waals surface area contributed by atoms with Crippen LogP contribution >= 0.6 is 0 Å². The van der Waals surface area contributed by atoms with Gasteiger partial charge in [-0.1, -0.05) is 39.5 Å². The number of hydrogen-bond donors (Lipinski definition) is 2. The standard InChI is InChI=1S/C11H24N2O2/c1-3-5-7-8-10-15-11(14)13-12-9-6-4-2/h12H,3-10H2,1-2H3,(H,13,14). The number of rotatable bonds is 9. The third-order valence-corrected chi connectivity index (χ3v) is 2.08. The Kier molecular flexibility index (Phi) is 10.7. The Morgan fingerprint density at radius 3 is 2.47 bits per heavy atom. The first-order chi connectivity index (χ1) is 7.31. The molecule has 0 aromatic rings. The molecular weight excluding hydrogens is 192 g/mol. The molecule has 15 heavy (non-hydrogen) atoms. The Balaban J connectivity index is 3.11. The molecule has 0 aromatic carbocycles. The number of ether oxygens (including phenoxy) is 1. The summed E-state index contributed by atoms with van der Waals surface area (Å²) in [6.07, 6.45) is 6.29. The predicted octanol–water partition coefficient (Wildman–Crippen LogP) is 2.60. The minimum atomic E-state index is -0.373. The minimum Gasteiger partial charge on any atom is -0.449 e. The molecule has 90 valence electrons. The number of hydrogen-bond acceptors (Lipinski definition) is 3. The van der Waals surface area contributed by atoms with E-state index in [-0.39, 0.29) is 6.09 Å². The van der Waals surface area contributed by atoms with E-state index in [9.17, 15) is 4.79 Å². The fraction of sp³-hybridized carbons (Fsp3) is 0.909. The fourth-order valence-corrected chi connectivity index (χ4v) is 1.13. The Labute approximate surface area is 92.7 Å². The number of carbonyl (C=O) groups is 1. The molecule has 0 heterocycles. The van der Waals surface area contributed by atoms with Crippen LogP contribution in [0.3, 0.4) is 0 Å². The van der Waals surface area contributed by atoms with E-state index in [1.165, 1.54) is 12.8 Å². The predicted molar refractivity (Wildman–Crippen MR) is 61.5 cm³/mol. The SMILES string of the molecule is CCCCCCOC(=O)NNCCCC. The number of unbranched alkanes of at least 4 members (excludes halogenated alkanes) is 4. The summed E-state index contributed by atoms with van der Waals surface area (Å²) < 4.78 is 4.96. The second-order valence-corrected chi connectivity index (χ2v) is 3.60. The monoisotopic (exact) mass is 216 g/mol. The Bertz CT molecular complexity index is 152. The molecule has 0 unspecified atom stereocenters. The normalized spacial score (nSPS) is 10.0. The zero-order valence-electron chi connectivity index (χ0n) is 9.97. The van der Waals surface area contributed by atoms with Crippen molar-refractivity contribution < 1.29 is 9.53 Å². The minimum absolute atomic E-state index is 0.373. The highest BCUT2D eigenvalue weighted by molar-refractivity contribution is 5.66. The van der Waals surface area contributed by atoms with Crippen LogP contribution < -0.4 is 10.9 Å². The van der Waals surface area contributed by atoms with Crippen LogP contribution in [0.5, 0.6) is 0 Å². The average Bonchev–Trinajstić information content (AvgIpc) is 2.24. The van der Waals surface area contributed by atoms with Crippen LogP contribution in [0.4, 0.5) is 4.79 Å². The largest absolute Gasteiger partial charge is 0.449 e. The van der Waals surface area contributed by atoms with E-state index >= 15 is 0 Å². The third kappa shape index (κ3) is 11.2. The molecule has 0 saturated heterocycles. The third-order valence-electron chi connectivity index (χ3n) is 2.08. The van der Waals surface area contributed by atoms with Crippen molar-refractivity contribution in [3.05, 3.63) is 0 Å². The quantitative estimate of drug-likeness (QED) is 0.460. The van der Waals surface area contributed by atoms with E-state index in [0.29, 0.717) is 6.61 Å². The summed E-state index contributed by atoms with van der Waals surface area (Å²) in [5, 5.41) is 0. The van der Waals surface area contributed by atoms with Crippen LogP contribution in [0.2, 0.25) is 0 Å². The molecule has 0 spiro atoms. The van der Waals surface area contributed by atoms with E-state index in [2.05, 4.69) is 24.7 Å². The van der Waals surface area contributed by atoms with Gasteiger partial charge in [-0.25, -0.2) is 10.2 Å². The van der Waals surface area contributed by atoms with Crippen molar-refractivity contribution in [3.8, 4) is 0 Å². The molecule has 0 aromatic heterocycles. The molecule has 0 rings (SSSR count). The summed E-state index contributed by atoms with van der Waals surface area (Å²) in [7, 11) is 0. The van der Waals surface area contributed by atoms with Crippen LogP contribution in [-0.2, 0) is 4.74 Å². The number of amides is 1. The van der Waals surface area contributed by atoms with Gasteiger partial charge >= 0.3 is 6.09 Å². The van der Waals surface area contributed by atoms with Crippen molar-refractivity contribution in [2.75, 3.05) is 13.2 Å². The number of hydrazine groups is 1. The Hall–Kier alpha value is -0.770. The van der Waals surface area contributed by atoms with Crippen molar-refractivity contribution in [1.82, 2.24) is 10.9 Å². The zero-order chi connectivity index (χ0) is 11.4. The van der Waals surface area contributed by atoms with E-state index in [0.717, 1.165) is 32.2 Å². The molecule has 0 aliphatic heterocycles. The van der Waals surface area contributed by atoms with E-state index in [1.807, 2.05) is 0 Å². The first-order valence-electron chi connectivity index (χ1n) is 5.96. The van der Waals surface area contributed by atoms with Crippen molar-refractivity contribution in [2.24, 2.45) is 0 Å². The number of nitrogens with one attached hydrogen (secondary N) is 2. The lowest BCUT2D eigenvalue weighted by atomic mass is 10.2. The van der Waals surface area contributed by atoms with Crippen LogP contribution in [0, 0.1) is 0 Å². The molecule has 0 radical (unpaired) electrons. The topological polar surface area (TPSA) is 50.4 Å². The second kappa shape index (κ2) is 11.3. The molecule has 4 nitrogen and oxygen atoms in total. The summed E-state index contributed by atoms with van der Waals surface area (Å²) in [5.41, 5.74) is 5.31. The molecule has 0 atom stereocenters. The van der Waals surface area contributed by atoms with Crippen LogP contribution in [0.15, 0.2) is 0 Å².